The highest BCUT2D eigenvalue weighted by molar-refractivity contribution is 7.18. The van der Waals surface area contributed by atoms with Crippen molar-refractivity contribution < 1.29 is 8.78 Å². The standard InChI is InChI=1S/C20H18F2N4S/c1-26-10-14-6-12(7-15(21)18(14)25-26)13-8-16(22)19-17(9-13)27-20(24-19)11-2-4-23-5-3-11/h6-11,23H,2-5H2,1H3. The van der Waals surface area contributed by atoms with E-state index in [1.54, 1.807) is 29.3 Å². The average molecular weight is 384 g/mol. The number of benzene rings is 2. The number of fused-ring (bicyclic) bond motifs is 2. The van der Waals surface area contributed by atoms with Gasteiger partial charge in [0.25, 0.3) is 0 Å². The summed E-state index contributed by atoms with van der Waals surface area (Å²) in [6.45, 7) is 1.94. The lowest BCUT2D eigenvalue weighted by atomic mass is 9.99. The Hall–Kier alpha value is -2.38. The number of nitrogens with zero attached hydrogens (tertiary/aromatic N) is 3. The van der Waals surface area contributed by atoms with E-state index in [1.165, 1.54) is 12.1 Å². The molecule has 1 aliphatic rings. The Morgan fingerprint density at radius 3 is 2.52 bits per heavy atom. The van der Waals surface area contributed by atoms with Gasteiger partial charge in [-0.25, -0.2) is 13.8 Å². The summed E-state index contributed by atoms with van der Waals surface area (Å²) in [5.74, 6) is -0.371. The molecule has 2 aromatic carbocycles. The summed E-state index contributed by atoms with van der Waals surface area (Å²) in [5.41, 5.74) is 2.05. The number of aryl methyl sites for hydroxylation is 1. The molecule has 7 heteroatoms. The quantitative estimate of drug-likeness (QED) is 0.549. The van der Waals surface area contributed by atoms with E-state index >= 15 is 0 Å². The number of aromatic nitrogens is 3. The normalized spacial score (nSPS) is 15.8. The molecule has 0 unspecified atom stereocenters. The highest BCUT2D eigenvalue weighted by Gasteiger charge is 2.21. The zero-order valence-electron chi connectivity index (χ0n) is 14.8. The molecule has 0 radical (unpaired) electrons. The highest BCUT2D eigenvalue weighted by atomic mass is 32.1. The van der Waals surface area contributed by atoms with Gasteiger partial charge >= 0.3 is 0 Å². The van der Waals surface area contributed by atoms with Gasteiger partial charge in [0, 0.05) is 24.5 Å². The Morgan fingerprint density at radius 1 is 1.04 bits per heavy atom. The monoisotopic (exact) mass is 384 g/mol. The second-order valence-corrected chi connectivity index (χ2v) is 8.14. The summed E-state index contributed by atoms with van der Waals surface area (Å²) < 4.78 is 31.6. The minimum absolute atomic E-state index is 0.328. The SMILES string of the molecule is Cn1cc2cc(-c3cc(F)c4nc(C5CCNCC5)sc4c3)cc(F)c2n1. The molecular weight excluding hydrogens is 366 g/mol. The van der Waals surface area contributed by atoms with Crippen LogP contribution in [0.1, 0.15) is 23.8 Å². The van der Waals surface area contributed by atoms with Crippen molar-refractivity contribution in [2.24, 2.45) is 7.05 Å². The fourth-order valence-electron chi connectivity index (χ4n) is 3.79. The van der Waals surface area contributed by atoms with Crippen LogP contribution in [0.25, 0.3) is 32.2 Å². The van der Waals surface area contributed by atoms with E-state index in [0.717, 1.165) is 35.6 Å². The third kappa shape index (κ3) is 2.91. The Morgan fingerprint density at radius 2 is 1.74 bits per heavy atom. The van der Waals surface area contributed by atoms with Crippen molar-refractivity contribution >= 4 is 32.5 Å². The maximum Gasteiger partial charge on any atom is 0.151 e. The maximum atomic E-state index is 14.8. The minimum atomic E-state index is -0.400. The van der Waals surface area contributed by atoms with Crippen molar-refractivity contribution in [3.05, 3.63) is 47.1 Å². The van der Waals surface area contributed by atoms with Crippen LogP contribution >= 0.6 is 11.3 Å². The van der Waals surface area contributed by atoms with Crippen LogP contribution < -0.4 is 5.32 Å². The van der Waals surface area contributed by atoms with Crippen LogP contribution in [0.4, 0.5) is 8.78 Å². The summed E-state index contributed by atoms with van der Waals surface area (Å²) in [4.78, 5) is 4.57. The Labute approximate surface area is 158 Å². The molecule has 0 atom stereocenters. The first-order valence-electron chi connectivity index (χ1n) is 9.02. The van der Waals surface area contributed by atoms with Gasteiger partial charge in [0.15, 0.2) is 11.6 Å². The van der Waals surface area contributed by atoms with Crippen LogP contribution in [0.2, 0.25) is 0 Å². The molecule has 27 heavy (non-hydrogen) atoms. The Kier molecular flexibility index (Phi) is 3.94. The molecule has 1 saturated heterocycles. The van der Waals surface area contributed by atoms with E-state index in [4.69, 9.17) is 0 Å². The number of thiazole rings is 1. The van der Waals surface area contributed by atoms with E-state index in [1.807, 2.05) is 12.1 Å². The second kappa shape index (κ2) is 6.35. The van der Waals surface area contributed by atoms with E-state index in [-0.39, 0.29) is 5.82 Å². The second-order valence-electron chi connectivity index (χ2n) is 7.08. The lowest BCUT2D eigenvalue weighted by molar-refractivity contribution is 0.459. The van der Waals surface area contributed by atoms with E-state index < -0.39 is 5.82 Å². The first-order chi connectivity index (χ1) is 13.1. The molecule has 4 aromatic rings. The summed E-state index contributed by atoms with van der Waals surface area (Å²) in [7, 11) is 1.75. The number of halogens is 2. The lowest BCUT2D eigenvalue weighted by Crippen LogP contribution is -2.26. The van der Waals surface area contributed by atoms with Gasteiger partial charge in [0.1, 0.15) is 11.0 Å². The van der Waals surface area contributed by atoms with E-state index in [0.29, 0.717) is 33.5 Å². The smallest absolute Gasteiger partial charge is 0.151 e. The number of rotatable bonds is 2. The van der Waals surface area contributed by atoms with Crippen LogP contribution in [-0.4, -0.2) is 27.9 Å². The molecule has 0 amide bonds. The van der Waals surface area contributed by atoms with Crippen molar-refractivity contribution in [3.8, 4) is 11.1 Å². The number of piperidine rings is 1. The van der Waals surface area contributed by atoms with Crippen molar-refractivity contribution in [1.82, 2.24) is 20.1 Å². The van der Waals surface area contributed by atoms with Crippen LogP contribution in [0.3, 0.4) is 0 Å². The van der Waals surface area contributed by atoms with Crippen molar-refractivity contribution in [2.45, 2.75) is 18.8 Å². The van der Waals surface area contributed by atoms with E-state index in [2.05, 4.69) is 15.4 Å². The summed E-state index contributed by atoms with van der Waals surface area (Å²) >= 11 is 1.55. The molecule has 138 valence electrons. The van der Waals surface area contributed by atoms with Crippen LogP contribution in [-0.2, 0) is 7.05 Å². The maximum absolute atomic E-state index is 14.8. The highest BCUT2D eigenvalue weighted by Crippen LogP contribution is 2.36. The zero-order chi connectivity index (χ0) is 18.5. The van der Waals surface area contributed by atoms with Gasteiger partial charge in [-0.1, -0.05) is 0 Å². The minimum Gasteiger partial charge on any atom is -0.317 e. The predicted octanol–water partition coefficient (Wildman–Crippen LogP) is 4.60. The van der Waals surface area contributed by atoms with Gasteiger partial charge in [0.2, 0.25) is 0 Å². The molecule has 1 aliphatic heterocycles. The van der Waals surface area contributed by atoms with Crippen molar-refractivity contribution in [3.63, 3.8) is 0 Å². The van der Waals surface area contributed by atoms with Gasteiger partial charge in [-0.2, -0.15) is 5.10 Å². The molecule has 0 bridgehead atoms. The summed E-state index contributed by atoms with van der Waals surface area (Å²) in [6, 6.07) is 6.63. The summed E-state index contributed by atoms with van der Waals surface area (Å²) in [5, 5.41) is 9.17. The number of hydrogen-bond acceptors (Lipinski definition) is 4. The van der Waals surface area contributed by atoms with Crippen LogP contribution in [0.15, 0.2) is 30.5 Å². The molecule has 0 aliphatic carbocycles. The third-order valence-corrected chi connectivity index (χ3v) is 6.33. The van der Waals surface area contributed by atoms with Gasteiger partial charge in [-0.3, -0.25) is 4.68 Å². The first kappa shape index (κ1) is 16.8. The van der Waals surface area contributed by atoms with Crippen molar-refractivity contribution in [2.75, 3.05) is 13.1 Å². The molecule has 2 aromatic heterocycles. The van der Waals surface area contributed by atoms with Crippen LogP contribution in [0.5, 0.6) is 0 Å². The fraction of sp³-hybridized carbons (Fsp3) is 0.300. The third-order valence-electron chi connectivity index (χ3n) is 5.16. The molecule has 1 fully saturated rings. The number of hydrogen-bond donors (Lipinski definition) is 1. The molecule has 5 rings (SSSR count). The van der Waals surface area contributed by atoms with Gasteiger partial charge in [-0.15, -0.1) is 11.3 Å². The molecule has 0 saturated carbocycles. The average Bonchev–Trinajstić information content (AvgIpc) is 3.26. The van der Waals surface area contributed by atoms with Crippen LogP contribution in [0, 0.1) is 11.6 Å². The Bertz CT molecular complexity index is 1160. The Balaban J connectivity index is 1.61. The molecule has 3 heterocycles. The van der Waals surface area contributed by atoms with Gasteiger partial charge in [0.05, 0.1) is 9.71 Å². The number of nitrogens with one attached hydrogen (secondary N) is 1. The first-order valence-corrected chi connectivity index (χ1v) is 9.84. The largest absolute Gasteiger partial charge is 0.317 e. The fourth-order valence-corrected chi connectivity index (χ4v) is 4.99. The van der Waals surface area contributed by atoms with Gasteiger partial charge in [-0.05, 0) is 61.3 Å². The molecule has 4 nitrogen and oxygen atoms in total. The zero-order valence-corrected chi connectivity index (χ0v) is 15.6. The van der Waals surface area contributed by atoms with Gasteiger partial charge < -0.3 is 5.32 Å². The van der Waals surface area contributed by atoms with E-state index in [9.17, 15) is 8.78 Å². The molecular formula is C20H18F2N4S. The topological polar surface area (TPSA) is 42.7 Å². The lowest BCUT2D eigenvalue weighted by Gasteiger charge is -2.20. The molecule has 0 spiro atoms. The molecule has 1 N–H and O–H groups in total. The predicted molar refractivity (Wildman–Crippen MR) is 104 cm³/mol. The summed E-state index contributed by atoms with van der Waals surface area (Å²) in [6.07, 6.45) is 3.81. The van der Waals surface area contributed by atoms with Crippen molar-refractivity contribution in [1.29, 1.82) is 0 Å².